The number of nitrogens with zero attached hydrogens (tertiary/aromatic N) is 2. The second-order valence-electron chi connectivity index (χ2n) is 8.71. The van der Waals surface area contributed by atoms with Gasteiger partial charge in [0.2, 0.25) is 0 Å². The molecule has 0 fully saturated rings. The summed E-state index contributed by atoms with van der Waals surface area (Å²) in [7, 11) is 0. The van der Waals surface area contributed by atoms with Crippen LogP contribution in [0.4, 0.5) is 8.78 Å². The van der Waals surface area contributed by atoms with Crippen LogP contribution in [0.25, 0.3) is 44.5 Å². The molecule has 3 aromatic heterocycles. The zero-order valence-electron chi connectivity index (χ0n) is 19.6. The number of fused-ring (bicyclic) bond motifs is 1. The minimum absolute atomic E-state index is 0.298. The van der Waals surface area contributed by atoms with Crippen LogP contribution in [-0.4, -0.2) is 21.0 Å². The first-order valence-corrected chi connectivity index (χ1v) is 11.7. The fraction of sp³-hybridized carbons (Fsp3) is 0.172. The topological polar surface area (TPSA) is 53.6 Å². The van der Waals surface area contributed by atoms with Gasteiger partial charge in [-0.05, 0) is 79.1 Å². The number of aromatic amines is 1. The highest BCUT2D eigenvalue weighted by Crippen LogP contribution is 2.43. The largest absolute Gasteiger partial charge is 0.355 e. The lowest BCUT2D eigenvalue weighted by molar-refractivity contribution is 0.530. The monoisotopic (exact) mass is 468 g/mol. The maximum atomic E-state index is 13.9. The van der Waals surface area contributed by atoms with Crippen LogP contribution in [0.15, 0.2) is 79.1 Å². The number of pyridine rings is 2. The van der Waals surface area contributed by atoms with Gasteiger partial charge in [0.05, 0.1) is 16.7 Å². The maximum Gasteiger partial charge on any atom is 0.123 e. The van der Waals surface area contributed by atoms with Crippen molar-refractivity contribution >= 4 is 11.0 Å². The van der Waals surface area contributed by atoms with Crippen LogP contribution in [0.1, 0.15) is 26.0 Å². The predicted molar refractivity (Wildman–Crippen MR) is 137 cm³/mol. The van der Waals surface area contributed by atoms with E-state index in [1.54, 1.807) is 36.7 Å². The van der Waals surface area contributed by atoms with E-state index in [0.29, 0.717) is 12.6 Å². The van der Waals surface area contributed by atoms with Crippen molar-refractivity contribution in [3.8, 4) is 33.5 Å². The van der Waals surface area contributed by atoms with Crippen molar-refractivity contribution in [2.75, 3.05) is 0 Å². The number of halogens is 2. The summed E-state index contributed by atoms with van der Waals surface area (Å²) in [6.07, 6.45) is 4.50. The standard InChI is InChI=1S/C29H26F2N4/c1-3-18(2)33-17-24-16-25-29(34-24)27(19-4-8-22(30)9-5-19)26(20-12-14-32-15-13-20)28(35-25)21-6-10-23(31)11-7-21/h4-16,18,33-34H,3,17H2,1-2H3. The quantitative estimate of drug-likeness (QED) is 0.267. The van der Waals surface area contributed by atoms with Gasteiger partial charge in [-0.2, -0.15) is 0 Å². The summed E-state index contributed by atoms with van der Waals surface area (Å²) in [6, 6.07) is 19.1. The Labute approximate surface area is 203 Å². The van der Waals surface area contributed by atoms with Gasteiger partial charge in [-0.15, -0.1) is 0 Å². The number of hydrogen-bond acceptors (Lipinski definition) is 3. The minimum Gasteiger partial charge on any atom is -0.355 e. The van der Waals surface area contributed by atoms with Crippen LogP contribution in [-0.2, 0) is 6.54 Å². The summed E-state index contributed by atoms with van der Waals surface area (Å²) in [6.45, 7) is 4.97. The van der Waals surface area contributed by atoms with Gasteiger partial charge < -0.3 is 10.3 Å². The summed E-state index contributed by atoms with van der Waals surface area (Å²) >= 11 is 0. The molecule has 0 aliphatic rings. The Morgan fingerprint density at radius 2 is 1.43 bits per heavy atom. The number of rotatable bonds is 7. The summed E-state index contributed by atoms with van der Waals surface area (Å²) in [5, 5.41) is 3.52. The molecule has 35 heavy (non-hydrogen) atoms. The Balaban J connectivity index is 1.82. The molecule has 0 amide bonds. The molecular formula is C29H26F2N4. The van der Waals surface area contributed by atoms with Gasteiger partial charge in [-0.3, -0.25) is 4.98 Å². The van der Waals surface area contributed by atoms with Crippen LogP contribution in [0, 0.1) is 11.6 Å². The van der Waals surface area contributed by atoms with E-state index in [2.05, 4.69) is 29.1 Å². The average Bonchev–Trinajstić information content (AvgIpc) is 3.30. The highest BCUT2D eigenvalue weighted by atomic mass is 19.1. The van der Waals surface area contributed by atoms with E-state index in [0.717, 1.165) is 56.7 Å². The molecule has 176 valence electrons. The molecule has 0 saturated carbocycles. The third-order valence-corrected chi connectivity index (χ3v) is 6.29. The molecule has 5 rings (SSSR count). The van der Waals surface area contributed by atoms with Crippen LogP contribution >= 0.6 is 0 Å². The highest BCUT2D eigenvalue weighted by molar-refractivity contribution is 6.05. The van der Waals surface area contributed by atoms with Crippen molar-refractivity contribution in [1.29, 1.82) is 0 Å². The van der Waals surface area contributed by atoms with Gasteiger partial charge >= 0.3 is 0 Å². The Kier molecular flexibility index (Phi) is 6.38. The van der Waals surface area contributed by atoms with Gasteiger partial charge in [-0.1, -0.05) is 19.1 Å². The number of hydrogen-bond donors (Lipinski definition) is 2. The molecule has 0 aliphatic heterocycles. The first kappa shape index (κ1) is 22.9. The minimum atomic E-state index is -0.306. The lowest BCUT2D eigenvalue weighted by Crippen LogP contribution is -2.24. The zero-order chi connectivity index (χ0) is 24.4. The summed E-state index contributed by atoms with van der Waals surface area (Å²) in [4.78, 5) is 12.8. The Bertz CT molecular complexity index is 1440. The molecule has 6 heteroatoms. The highest BCUT2D eigenvalue weighted by Gasteiger charge is 2.21. The third kappa shape index (κ3) is 4.70. The molecule has 1 unspecified atom stereocenters. The predicted octanol–water partition coefficient (Wildman–Crippen LogP) is 7.13. The van der Waals surface area contributed by atoms with Gasteiger partial charge in [0.1, 0.15) is 11.6 Å². The molecule has 0 radical (unpaired) electrons. The van der Waals surface area contributed by atoms with Crippen molar-refractivity contribution in [3.05, 3.63) is 96.5 Å². The van der Waals surface area contributed by atoms with Crippen molar-refractivity contribution in [2.24, 2.45) is 0 Å². The van der Waals surface area contributed by atoms with Crippen molar-refractivity contribution in [2.45, 2.75) is 32.9 Å². The lowest BCUT2D eigenvalue weighted by atomic mass is 9.90. The van der Waals surface area contributed by atoms with Crippen LogP contribution < -0.4 is 5.32 Å². The smallest absolute Gasteiger partial charge is 0.123 e. The molecule has 2 N–H and O–H groups in total. The zero-order valence-corrected chi connectivity index (χ0v) is 19.6. The third-order valence-electron chi connectivity index (χ3n) is 6.29. The lowest BCUT2D eigenvalue weighted by Gasteiger charge is -2.17. The van der Waals surface area contributed by atoms with Gasteiger partial charge in [0.15, 0.2) is 0 Å². The van der Waals surface area contributed by atoms with E-state index in [1.165, 1.54) is 24.3 Å². The summed E-state index contributed by atoms with van der Waals surface area (Å²) in [5.41, 5.74) is 7.76. The molecule has 4 nitrogen and oxygen atoms in total. The van der Waals surface area contributed by atoms with E-state index < -0.39 is 0 Å². The molecule has 2 aromatic carbocycles. The Hall–Kier alpha value is -3.90. The van der Waals surface area contributed by atoms with E-state index in [1.807, 2.05) is 18.2 Å². The molecule has 0 aliphatic carbocycles. The maximum absolute atomic E-state index is 13.9. The molecule has 1 atom stereocenters. The number of nitrogens with one attached hydrogen (secondary N) is 2. The summed E-state index contributed by atoms with van der Waals surface area (Å²) < 4.78 is 27.6. The normalized spacial score (nSPS) is 12.2. The van der Waals surface area contributed by atoms with Gasteiger partial charge in [-0.25, -0.2) is 13.8 Å². The van der Waals surface area contributed by atoms with Crippen LogP contribution in [0.5, 0.6) is 0 Å². The van der Waals surface area contributed by atoms with Crippen LogP contribution in [0.3, 0.4) is 0 Å². The molecule has 5 aromatic rings. The van der Waals surface area contributed by atoms with E-state index in [-0.39, 0.29) is 11.6 Å². The number of aromatic nitrogens is 3. The van der Waals surface area contributed by atoms with E-state index in [4.69, 9.17) is 4.98 Å². The fourth-order valence-electron chi connectivity index (χ4n) is 4.24. The van der Waals surface area contributed by atoms with Crippen molar-refractivity contribution in [3.63, 3.8) is 0 Å². The second kappa shape index (κ2) is 9.76. The summed E-state index contributed by atoms with van der Waals surface area (Å²) in [5.74, 6) is -0.604. The van der Waals surface area contributed by atoms with Crippen LogP contribution in [0.2, 0.25) is 0 Å². The van der Waals surface area contributed by atoms with Crippen molar-refractivity contribution in [1.82, 2.24) is 20.3 Å². The fourth-order valence-corrected chi connectivity index (χ4v) is 4.24. The molecule has 3 heterocycles. The first-order valence-electron chi connectivity index (χ1n) is 11.7. The first-order chi connectivity index (χ1) is 17.0. The molecule has 0 bridgehead atoms. The Morgan fingerprint density at radius 3 is 2.06 bits per heavy atom. The molecule has 0 saturated heterocycles. The Morgan fingerprint density at radius 1 is 0.829 bits per heavy atom. The number of H-pyrrole nitrogens is 1. The van der Waals surface area contributed by atoms with Gasteiger partial charge in [0, 0.05) is 47.4 Å². The molecular weight excluding hydrogens is 442 g/mol. The van der Waals surface area contributed by atoms with Gasteiger partial charge in [0.25, 0.3) is 0 Å². The van der Waals surface area contributed by atoms with Crippen molar-refractivity contribution < 1.29 is 8.78 Å². The average molecular weight is 469 g/mol. The SMILES string of the molecule is CCC(C)NCc1cc2nc(-c3ccc(F)cc3)c(-c3ccncc3)c(-c3ccc(F)cc3)c2[nH]1. The molecule has 0 spiro atoms. The second-order valence-corrected chi connectivity index (χ2v) is 8.71. The van der Waals surface area contributed by atoms with E-state index in [9.17, 15) is 8.78 Å². The van der Waals surface area contributed by atoms with E-state index >= 15 is 0 Å². The number of benzene rings is 2.